The summed E-state index contributed by atoms with van der Waals surface area (Å²) in [5, 5.41) is 0.698. The number of primary amides is 1. The van der Waals surface area contributed by atoms with E-state index in [0.29, 0.717) is 18.4 Å². The molecule has 1 aliphatic rings. The first kappa shape index (κ1) is 14.1. The highest BCUT2D eigenvalue weighted by Crippen LogP contribution is 2.28. The van der Waals surface area contributed by atoms with Gasteiger partial charge in [0.15, 0.2) is 0 Å². The molecule has 1 aromatic carbocycles. The lowest BCUT2D eigenvalue weighted by atomic mass is 9.98. The fourth-order valence-electron chi connectivity index (χ4n) is 2.59. The molecule has 21 heavy (non-hydrogen) atoms. The second kappa shape index (κ2) is 5.16. The first-order valence-electron chi connectivity index (χ1n) is 6.76. The van der Waals surface area contributed by atoms with Gasteiger partial charge < -0.3 is 10.2 Å². The molecule has 0 atom stereocenters. The van der Waals surface area contributed by atoms with Gasteiger partial charge in [0.2, 0.25) is 11.0 Å². The number of carbonyl (C=O) groups excluding carboxylic acids is 1. The fourth-order valence-corrected chi connectivity index (χ4v) is 4.01. The lowest BCUT2D eigenvalue weighted by Crippen LogP contribution is -2.41. The molecule has 0 bridgehead atoms. The smallest absolute Gasteiger partial charge is 0.276 e. The van der Waals surface area contributed by atoms with Crippen LogP contribution in [0.5, 0.6) is 0 Å². The van der Waals surface area contributed by atoms with Gasteiger partial charge in [-0.2, -0.15) is 4.31 Å². The van der Waals surface area contributed by atoms with E-state index in [0.717, 1.165) is 5.39 Å². The summed E-state index contributed by atoms with van der Waals surface area (Å²) in [6.07, 6.45) is 0.906. The molecule has 6 nitrogen and oxygen atoms in total. The second-order valence-corrected chi connectivity index (χ2v) is 7.05. The summed E-state index contributed by atoms with van der Waals surface area (Å²) >= 11 is 0. The minimum atomic E-state index is -3.66. The first-order valence-corrected chi connectivity index (χ1v) is 8.20. The molecule has 0 radical (unpaired) electrons. The van der Waals surface area contributed by atoms with Gasteiger partial charge in [-0.3, -0.25) is 4.79 Å². The molecule has 2 aromatic rings. The Hall–Kier alpha value is -1.86. The number of rotatable bonds is 3. The Morgan fingerprint density at radius 2 is 1.90 bits per heavy atom. The van der Waals surface area contributed by atoms with Crippen LogP contribution in [0.2, 0.25) is 0 Å². The van der Waals surface area contributed by atoms with Crippen LogP contribution in [-0.4, -0.2) is 31.7 Å². The van der Waals surface area contributed by atoms with Crippen molar-refractivity contribution in [1.29, 1.82) is 0 Å². The van der Waals surface area contributed by atoms with Crippen molar-refractivity contribution >= 4 is 26.9 Å². The summed E-state index contributed by atoms with van der Waals surface area (Å²) < 4.78 is 31.9. The van der Waals surface area contributed by atoms with Gasteiger partial charge >= 0.3 is 0 Å². The number of para-hydroxylation sites is 1. The van der Waals surface area contributed by atoms with Gasteiger partial charge in [0.1, 0.15) is 5.58 Å². The number of amides is 1. The average Bonchev–Trinajstić information content (AvgIpc) is 2.92. The largest absolute Gasteiger partial charge is 0.443 e. The molecule has 0 unspecified atom stereocenters. The van der Waals surface area contributed by atoms with E-state index in [2.05, 4.69) is 0 Å². The molecule has 1 aliphatic heterocycles. The molecule has 7 heteroatoms. The molecular formula is C14H16N2O4S. The second-order valence-electron chi connectivity index (χ2n) is 5.18. The van der Waals surface area contributed by atoms with Crippen molar-refractivity contribution < 1.29 is 17.6 Å². The van der Waals surface area contributed by atoms with Crippen LogP contribution in [0, 0.1) is 5.92 Å². The lowest BCUT2D eigenvalue weighted by Gasteiger charge is -2.28. The van der Waals surface area contributed by atoms with Gasteiger partial charge in [0.05, 0.1) is 0 Å². The number of furan rings is 1. The summed E-state index contributed by atoms with van der Waals surface area (Å²) in [6.45, 7) is 0.569. The van der Waals surface area contributed by atoms with Crippen LogP contribution in [0.4, 0.5) is 0 Å². The summed E-state index contributed by atoms with van der Waals surface area (Å²) in [5.41, 5.74) is 5.80. The first-order chi connectivity index (χ1) is 9.98. The Kier molecular flexibility index (Phi) is 3.46. The van der Waals surface area contributed by atoms with Gasteiger partial charge in [0.25, 0.3) is 10.0 Å². The van der Waals surface area contributed by atoms with Crippen molar-refractivity contribution in [3.63, 3.8) is 0 Å². The van der Waals surface area contributed by atoms with Gasteiger partial charge in [-0.05, 0) is 18.9 Å². The zero-order valence-electron chi connectivity index (χ0n) is 11.4. The molecule has 1 aromatic heterocycles. The van der Waals surface area contributed by atoms with Crippen LogP contribution >= 0.6 is 0 Å². The van der Waals surface area contributed by atoms with Gasteiger partial charge in [-0.15, -0.1) is 0 Å². The monoisotopic (exact) mass is 308 g/mol. The highest BCUT2D eigenvalue weighted by Gasteiger charge is 2.33. The number of nitrogens with zero attached hydrogens (tertiary/aromatic N) is 1. The van der Waals surface area contributed by atoms with Crippen molar-refractivity contribution in [2.75, 3.05) is 13.1 Å². The Morgan fingerprint density at radius 1 is 1.24 bits per heavy atom. The number of hydrogen-bond acceptors (Lipinski definition) is 4. The van der Waals surface area contributed by atoms with Crippen molar-refractivity contribution in [2.45, 2.75) is 17.9 Å². The Labute approximate surface area is 122 Å². The highest BCUT2D eigenvalue weighted by molar-refractivity contribution is 7.89. The highest BCUT2D eigenvalue weighted by atomic mass is 32.2. The zero-order valence-corrected chi connectivity index (χ0v) is 12.2. The number of sulfonamides is 1. The third kappa shape index (κ3) is 2.54. The van der Waals surface area contributed by atoms with E-state index in [-0.39, 0.29) is 30.0 Å². The van der Waals surface area contributed by atoms with Gasteiger partial charge in [-0.1, -0.05) is 18.2 Å². The molecule has 0 aliphatic carbocycles. The van der Waals surface area contributed by atoms with Gasteiger partial charge in [-0.25, -0.2) is 8.42 Å². The van der Waals surface area contributed by atoms with Crippen LogP contribution < -0.4 is 5.73 Å². The quantitative estimate of drug-likeness (QED) is 0.925. The molecule has 0 saturated carbocycles. The summed E-state index contributed by atoms with van der Waals surface area (Å²) in [5.74, 6) is -0.608. The molecule has 112 valence electrons. The van der Waals surface area contributed by atoms with Crippen LogP contribution in [0.25, 0.3) is 11.0 Å². The lowest BCUT2D eigenvalue weighted by molar-refractivity contribution is -0.122. The summed E-state index contributed by atoms with van der Waals surface area (Å²) in [4.78, 5) is 11.1. The normalized spacial score (nSPS) is 18.1. The van der Waals surface area contributed by atoms with Crippen molar-refractivity contribution in [3.8, 4) is 0 Å². The van der Waals surface area contributed by atoms with E-state index >= 15 is 0 Å². The van der Waals surface area contributed by atoms with Crippen molar-refractivity contribution in [2.24, 2.45) is 11.7 Å². The minimum absolute atomic E-state index is 0.0544. The van der Waals surface area contributed by atoms with E-state index in [1.165, 1.54) is 10.4 Å². The van der Waals surface area contributed by atoms with Crippen molar-refractivity contribution in [1.82, 2.24) is 4.31 Å². The number of hydrogen-bond donors (Lipinski definition) is 1. The zero-order chi connectivity index (χ0) is 15.0. The third-order valence-electron chi connectivity index (χ3n) is 3.85. The molecule has 1 amide bonds. The fraction of sp³-hybridized carbons (Fsp3) is 0.357. The standard InChI is InChI=1S/C14H16N2O4S/c15-14(17)10-5-7-16(8-6-10)21(18,19)13-9-11-3-1-2-4-12(11)20-13/h1-4,9-10H,5-8H2,(H2,15,17). The minimum Gasteiger partial charge on any atom is -0.443 e. The maximum Gasteiger partial charge on any atom is 0.276 e. The van der Waals surface area contributed by atoms with Gasteiger partial charge in [0, 0.05) is 30.5 Å². The Balaban J connectivity index is 1.85. The predicted octanol–water partition coefficient (Wildman–Crippen LogP) is 1.32. The number of piperidine rings is 1. The average molecular weight is 308 g/mol. The maximum atomic E-state index is 12.5. The number of carbonyl (C=O) groups is 1. The molecule has 2 heterocycles. The SMILES string of the molecule is NC(=O)C1CCN(S(=O)(=O)c2cc3ccccc3o2)CC1. The Bertz CT molecular complexity index is 740. The third-order valence-corrected chi connectivity index (χ3v) is 5.61. The van der Waals surface area contributed by atoms with Crippen molar-refractivity contribution in [3.05, 3.63) is 30.3 Å². The van der Waals surface area contributed by atoms with Crippen LogP contribution in [-0.2, 0) is 14.8 Å². The number of fused-ring (bicyclic) bond motifs is 1. The molecule has 1 fully saturated rings. The molecular weight excluding hydrogens is 292 g/mol. The molecule has 0 spiro atoms. The number of benzene rings is 1. The predicted molar refractivity (Wildman–Crippen MR) is 76.9 cm³/mol. The van der Waals surface area contributed by atoms with E-state index in [4.69, 9.17) is 10.2 Å². The summed E-state index contributed by atoms with van der Waals surface area (Å²) in [7, 11) is -3.66. The molecule has 2 N–H and O–H groups in total. The van der Waals surface area contributed by atoms with E-state index < -0.39 is 10.0 Å². The Morgan fingerprint density at radius 3 is 2.52 bits per heavy atom. The van der Waals surface area contributed by atoms with E-state index in [9.17, 15) is 13.2 Å². The van der Waals surface area contributed by atoms with E-state index in [1.807, 2.05) is 6.07 Å². The maximum absolute atomic E-state index is 12.5. The van der Waals surface area contributed by atoms with Crippen LogP contribution in [0.15, 0.2) is 39.8 Å². The summed E-state index contributed by atoms with van der Waals surface area (Å²) in [6, 6.07) is 8.68. The number of nitrogens with two attached hydrogens (primary N) is 1. The molecule has 3 rings (SSSR count). The topological polar surface area (TPSA) is 93.6 Å². The molecule has 1 saturated heterocycles. The van der Waals surface area contributed by atoms with E-state index in [1.54, 1.807) is 18.2 Å². The van der Waals surface area contributed by atoms with Crippen LogP contribution in [0.1, 0.15) is 12.8 Å². The van der Waals surface area contributed by atoms with Crippen LogP contribution in [0.3, 0.4) is 0 Å².